The van der Waals surface area contributed by atoms with Gasteiger partial charge in [0.15, 0.2) is 0 Å². The van der Waals surface area contributed by atoms with E-state index < -0.39 is 5.82 Å². The Morgan fingerprint density at radius 3 is 2.74 bits per heavy atom. The number of likely N-dealkylation sites (tertiary alicyclic amines) is 1. The number of anilines is 1. The van der Waals surface area contributed by atoms with E-state index in [4.69, 9.17) is 15.2 Å². The normalized spacial score (nSPS) is 19.8. The highest BCUT2D eigenvalue weighted by Crippen LogP contribution is 2.37. The van der Waals surface area contributed by atoms with Gasteiger partial charge in [0.05, 0.1) is 38.1 Å². The number of carbonyl (C=O) groups is 1. The lowest BCUT2D eigenvalue weighted by Gasteiger charge is -2.55. The minimum atomic E-state index is -0.626. The molecule has 2 fully saturated rings. The first-order chi connectivity index (χ1) is 9.04. The van der Waals surface area contributed by atoms with Crippen molar-refractivity contribution in [2.45, 2.75) is 12.0 Å². The number of benzene rings is 1. The van der Waals surface area contributed by atoms with Crippen LogP contribution in [0, 0.1) is 5.82 Å². The summed E-state index contributed by atoms with van der Waals surface area (Å²) < 4.78 is 24.3. The Morgan fingerprint density at radius 1 is 1.53 bits per heavy atom. The summed E-state index contributed by atoms with van der Waals surface area (Å²) in [5, 5.41) is 0. The molecule has 0 aliphatic carbocycles. The van der Waals surface area contributed by atoms with E-state index in [1.165, 1.54) is 13.2 Å². The molecule has 3 rings (SSSR count). The summed E-state index contributed by atoms with van der Waals surface area (Å²) in [6, 6.07) is 2.46. The van der Waals surface area contributed by atoms with Crippen molar-refractivity contribution in [3.8, 4) is 5.75 Å². The third-order valence-electron chi connectivity index (χ3n) is 3.76. The van der Waals surface area contributed by atoms with E-state index in [0.717, 1.165) is 19.1 Å². The monoisotopic (exact) mass is 266 g/mol. The van der Waals surface area contributed by atoms with E-state index in [1.54, 1.807) is 4.90 Å². The van der Waals surface area contributed by atoms with Crippen LogP contribution >= 0.6 is 0 Å². The molecule has 1 amide bonds. The number of hydrogen-bond acceptors (Lipinski definition) is 4. The highest BCUT2D eigenvalue weighted by Gasteiger charge is 2.51. The molecule has 1 aromatic carbocycles. The predicted octanol–water partition coefficient (Wildman–Crippen LogP) is 1.03. The number of nitrogen functional groups attached to an aromatic ring is 1. The van der Waals surface area contributed by atoms with Gasteiger partial charge >= 0.3 is 0 Å². The van der Waals surface area contributed by atoms with E-state index in [2.05, 4.69) is 0 Å². The Hall–Kier alpha value is -1.82. The van der Waals surface area contributed by atoms with Crippen molar-refractivity contribution in [2.24, 2.45) is 0 Å². The van der Waals surface area contributed by atoms with Crippen LogP contribution in [0.3, 0.4) is 0 Å². The molecule has 6 heteroatoms. The zero-order valence-corrected chi connectivity index (χ0v) is 10.6. The van der Waals surface area contributed by atoms with Crippen LogP contribution in [0.2, 0.25) is 0 Å². The molecule has 2 aliphatic heterocycles. The van der Waals surface area contributed by atoms with Crippen LogP contribution in [0.4, 0.5) is 10.1 Å². The van der Waals surface area contributed by atoms with Gasteiger partial charge in [-0.15, -0.1) is 0 Å². The second-order valence-electron chi connectivity index (χ2n) is 5.02. The van der Waals surface area contributed by atoms with Crippen molar-refractivity contribution in [2.75, 3.05) is 32.5 Å². The van der Waals surface area contributed by atoms with Crippen LogP contribution in [0.1, 0.15) is 16.8 Å². The second kappa shape index (κ2) is 4.09. The molecule has 0 saturated carbocycles. The van der Waals surface area contributed by atoms with Gasteiger partial charge in [0.1, 0.15) is 17.2 Å². The second-order valence-corrected chi connectivity index (χ2v) is 5.02. The SMILES string of the molecule is COc1cc(C(=O)N2CC3(CCO3)C2)c(F)cc1N. The largest absolute Gasteiger partial charge is 0.495 e. The summed E-state index contributed by atoms with van der Waals surface area (Å²) >= 11 is 0. The van der Waals surface area contributed by atoms with Crippen LogP contribution in [-0.2, 0) is 4.74 Å². The zero-order chi connectivity index (χ0) is 13.6. The third kappa shape index (κ3) is 1.83. The van der Waals surface area contributed by atoms with Gasteiger partial charge in [-0.2, -0.15) is 0 Å². The fourth-order valence-electron chi connectivity index (χ4n) is 2.51. The van der Waals surface area contributed by atoms with Crippen molar-refractivity contribution in [3.63, 3.8) is 0 Å². The standard InChI is InChI=1S/C13H15FN2O3/c1-18-11-4-8(9(14)5-10(11)15)12(17)16-6-13(7-16)2-3-19-13/h4-5H,2-3,6-7,15H2,1H3. The number of carbonyl (C=O) groups excluding carboxylic acids is 1. The van der Waals surface area contributed by atoms with E-state index in [1.807, 2.05) is 0 Å². The minimum Gasteiger partial charge on any atom is -0.495 e. The minimum absolute atomic E-state index is 0.0137. The molecule has 0 aromatic heterocycles. The Bertz CT molecular complexity index is 535. The molecule has 2 saturated heterocycles. The van der Waals surface area contributed by atoms with Crippen LogP contribution in [-0.4, -0.2) is 43.2 Å². The van der Waals surface area contributed by atoms with Crippen molar-refractivity contribution >= 4 is 11.6 Å². The molecule has 2 aliphatic rings. The van der Waals surface area contributed by atoms with Gasteiger partial charge in [0.25, 0.3) is 5.91 Å². The molecule has 0 radical (unpaired) electrons. The summed E-state index contributed by atoms with van der Waals surface area (Å²) in [5.74, 6) is -0.671. The molecule has 102 valence electrons. The highest BCUT2D eigenvalue weighted by molar-refractivity contribution is 5.96. The van der Waals surface area contributed by atoms with E-state index in [0.29, 0.717) is 18.8 Å². The highest BCUT2D eigenvalue weighted by atomic mass is 19.1. The lowest BCUT2D eigenvalue weighted by molar-refractivity contribution is -0.209. The van der Waals surface area contributed by atoms with Gasteiger partial charge in [-0.05, 0) is 6.07 Å². The Morgan fingerprint density at radius 2 is 2.21 bits per heavy atom. The van der Waals surface area contributed by atoms with Gasteiger partial charge in [-0.25, -0.2) is 4.39 Å². The van der Waals surface area contributed by atoms with Crippen molar-refractivity contribution in [3.05, 3.63) is 23.5 Å². The third-order valence-corrected chi connectivity index (χ3v) is 3.76. The summed E-state index contributed by atoms with van der Waals surface area (Å²) in [6.45, 7) is 1.79. The molecule has 1 spiro atoms. The zero-order valence-electron chi connectivity index (χ0n) is 10.6. The van der Waals surface area contributed by atoms with Crippen molar-refractivity contribution in [1.29, 1.82) is 0 Å². The first kappa shape index (κ1) is 12.2. The first-order valence-electron chi connectivity index (χ1n) is 6.11. The number of nitrogens with zero attached hydrogens (tertiary/aromatic N) is 1. The molecule has 19 heavy (non-hydrogen) atoms. The maximum atomic E-state index is 13.8. The summed E-state index contributed by atoms with van der Waals surface area (Å²) in [4.78, 5) is 13.8. The van der Waals surface area contributed by atoms with Crippen molar-refractivity contribution < 1.29 is 18.7 Å². The number of hydrogen-bond donors (Lipinski definition) is 1. The summed E-state index contributed by atoms with van der Waals surface area (Å²) in [7, 11) is 1.43. The van der Waals surface area contributed by atoms with Crippen LogP contribution in [0.5, 0.6) is 5.75 Å². The number of halogens is 1. The molecule has 0 unspecified atom stereocenters. The lowest BCUT2D eigenvalue weighted by Crippen LogP contribution is -2.69. The maximum Gasteiger partial charge on any atom is 0.257 e. The Balaban J connectivity index is 1.80. The Labute approximate surface area is 110 Å². The van der Waals surface area contributed by atoms with E-state index in [-0.39, 0.29) is 22.8 Å². The fourth-order valence-corrected chi connectivity index (χ4v) is 2.51. The average Bonchev–Trinajstić information content (AvgIpc) is 2.25. The quantitative estimate of drug-likeness (QED) is 0.812. The summed E-state index contributed by atoms with van der Waals surface area (Å²) in [5.41, 5.74) is 5.59. The van der Waals surface area contributed by atoms with E-state index >= 15 is 0 Å². The lowest BCUT2D eigenvalue weighted by atomic mass is 9.86. The number of amides is 1. The van der Waals surface area contributed by atoms with Gasteiger partial charge in [-0.3, -0.25) is 4.79 Å². The Kier molecular flexibility index (Phi) is 2.63. The number of rotatable bonds is 2. The molecule has 2 N–H and O–H groups in total. The van der Waals surface area contributed by atoms with Crippen LogP contribution in [0.25, 0.3) is 0 Å². The number of nitrogens with two attached hydrogens (primary N) is 1. The smallest absolute Gasteiger partial charge is 0.257 e. The average molecular weight is 266 g/mol. The number of methoxy groups -OCH3 is 1. The van der Waals surface area contributed by atoms with Gasteiger partial charge in [0, 0.05) is 12.5 Å². The predicted molar refractivity (Wildman–Crippen MR) is 66.6 cm³/mol. The van der Waals surface area contributed by atoms with Gasteiger partial charge in [-0.1, -0.05) is 0 Å². The molecule has 5 nitrogen and oxygen atoms in total. The van der Waals surface area contributed by atoms with Crippen molar-refractivity contribution in [1.82, 2.24) is 4.90 Å². The fraction of sp³-hybridized carbons (Fsp3) is 0.462. The van der Waals surface area contributed by atoms with Gasteiger partial charge < -0.3 is 20.1 Å². The summed E-state index contributed by atoms with van der Waals surface area (Å²) in [6.07, 6.45) is 0.963. The topological polar surface area (TPSA) is 64.8 Å². The molecule has 0 bridgehead atoms. The van der Waals surface area contributed by atoms with Crippen LogP contribution < -0.4 is 10.5 Å². The molecular formula is C13H15FN2O3. The van der Waals surface area contributed by atoms with E-state index in [9.17, 15) is 9.18 Å². The first-order valence-corrected chi connectivity index (χ1v) is 6.11. The molecule has 2 heterocycles. The van der Waals surface area contributed by atoms with Crippen LogP contribution in [0.15, 0.2) is 12.1 Å². The maximum absolute atomic E-state index is 13.8. The number of ether oxygens (including phenoxy) is 2. The molecule has 1 aromatic rings. The molecular weight excluding hydrogens is 251 g/mol. The van der Waals surface area contributed by atoms with Gasteiger partial charge in [0.2, 0.25) is 0 Å². The molecule has 0 atom stereocenters.